The van der Waals surface area contributed by atoms with Crippen LogP contribution < -0.4 is 5.32 Å². The number of aliphatic hydroxyl groups excluding tert-OH is 1. The Morgan fingerprint density at radius 2 is 1.47 bits per heavy atom. The number of carbonyl (C=O) groups excluding carboxylic acids is 2. The number of nitrogens with one attached hydrogen (secondary N) is 1. The van der Waals surface area contributed by atoms with Crippen LogP contribution in [0.4, 0.5) is 5.69 Å². The van der Waals surface area contributed by atoms with Crippen LogP contribution in [0.15, 0.2) is 36.4 Å². The maximum atomic E-state index is 13.8. The summed E-state index contributed by atoms with van der Waals surface area (Å²) in [7, 11) is 3.79. The maximum absolute atomic E-state index is 13.8. The lowest BCUT2D eigenvalue weighted by atomic mass is 9.80. The summed E-state index contributed by atoms with van der Waals surface area (Å²) in [4.78, 5) is 53.5. The van der Waals surface area contributed by atoms with E-state index in [4.69, 9.17) is 21.6 Å². The molecular formula is C42H50ClN7O5. The Labute approximate surface area is 326 Å². The molecule has 2 aromatic heterocycles. The number of aromatic nitrogens is 4. The molecule has 0 radical (unpaired) electrons. The molecule has 0 spiro atoms. The molecule has 2 bridgehead atoms. The van der Waals surface area contributed by atoms with E-state index in [1.807, 2.05) is 66.6 Å². The highest BCUT2D eigenvalue weighted by Gasteiger charge is 2.57. The number of benzene rings is 2. The van der Waals surface area contributed by atoms with E-state index < -0.39 is 11.4 Å². The number of β-amino-alcohol motifs (C(OH)–C–C–N with tert-alkyl or cyclic N) is 1. The number of nitrogens with zero attached hydrogens (tertiary/aromatic N) is 6. The Hall–Kier alpha value is -4.36. The lowest BCUT2D eigenvalue weighted by Crippen LogP contribution is -2.34. The summed E-state index contributed by atoms with van der Waals surface area (Å²) >= 11 is 7.04. The third kappa shape index (κ3) is 6.81. The van der Waals surface area contributed by atoms with E-state index in [1.54, 1.807) is 0 Å². The Morgan fingerprint density at radius 1 is 0.855 bits per heavy atom. The van der Waals surface area contributed by atoms with Crippen molar-refractivity contribution in [2.24, 2.45) is 24.9 Å². The minimum Gasteiger partial charge on any atom is -0.481 e. The number of carboxylic acids is 1. The van der Waals surface area contributed by atoms with E-state index >= 15 is 0 Å². The Kier molecular flexibility index (Phi) is 9.98. The van der Waals surface area contributed by atoms with Crippen LogP contribution in [-0.2, 0) is 51.2 Å². The molecule has 2 saturated carbocycles. The van der Waals surface area contributed by atoms with Gasteiger partial charge < -0.3 is 24.7 Å². The highest BCUT2D eigenvalue weighted by molar-refractivity contribution is 6.34. The molecule has 2 fully saturated rings. The predicted molar refractivity (Wildman–Crippen MR) is 209 cm³/mol. The van der Waals surface area contributed by atoms with Crippen molar-refractivity contribution < 1.29 is 24.6 Å². The van der Waals surface area contributed by atoms with Gasteiger partial charge in [0.2, 0.25) is 5.78 Å². The van der Waals surface area contributed by atoms with Gasteiger partial charge in [0.05, 0.1) is 28.4 Å². The van der Waals surface area contributed by atoms with Crippen molar-refractivity contribution in [3.05, 3.63) is 87.0 Å². The number of hydrogen-bond donors (Lipinski definition) is 3. The Morgan fingerprint density at radius 3 is 2.13 bits per heavy atom. The number of Topliss-reactive ketones (excluding diaryl/α,β-unsaturated/α-hetero) is 1. The molecule has 55 heavy (non-hydrogen) atoms. The molecule has 0 atom stereocenters. The molecule has 0 unspecified atom stereocenters. The summed E-state index contributed by atoms with van der Waals surface area (Å²) in [6, 6.07) is 11.4. The number of aliphatic hydroxyl groups is 1. The number of halogens is 1. The van der Waals surface area contributed by atoms with Crippen molar-refractivity contribution in [1.29, 1.82) is 0 Å². The van der Waals surface area contributed by atoms with Gasteiger partial charge in [-0.15, -0.1) is 0 Å². The van der Waals surface area contributed by atoms with E-state index in [2.05, 4.69) is 15.1 Å². The summed E-state index contributed by atoms with van der Waals surface area (Å²) in [6.07, 6.45) is 7.10. The molecule has 1 amide bonds. The monoisotopic (exact) mass is 767 g/mol. The average Bonchev–Trinajstić information content (AvgIpc) is 3.93. The predicted octanol–water partition coefficient (Wildman–Crippen LogP) is 5.59. The highest BCUT2D eigenvalue weighted by Crippen LogP contribution is 2.63. The molecule has 3 N–H and O–H groups in total. The number of carbonyl (C=O) groups is 3. The topological polar surface area (TPSA) is 146 Å². The van der Waals surface area contributed by atoms with Gasteiger partial charge in [0.25, 0.3) is 5.91 Å². The first-order chi connectivity index (χ1) is 26.4. The van der Waals surface area contributed by atoms with Gasteiger partial charge in [-0.05, 0) is 80.2 Å². The van der Waals surface area contributed by atoms with Crippen LogP contribution in [0, 0.1) is 17.8 Å². The van der Waals surface area contributed by atoms with Crippen molar-refractivity contribution in [3.63, 3.8) is 0 Å². The molecule has 4 heterocycles. The standard InChI is InChI=1S/C42H50ClN7O5/c1-26-28(29-8-4-6-27(36(29)43)22-35(52)37-44-31-24-50(20-21-51)18-11-33(31)47(37)2)7-5-9-30(26)46-39(53)38-45-32-23-49(17-10-34(32)48(38)3)19-16-41-12-14-42(25-41,15-13-41)40(54)55/h4-9,51H,10-25H2,1-3H3,(H,46,53)(H,54,55). The molecule has 290 valence electrons. The van der Waals surface area contributed by atoms with E-state index in [0.717, 1.165) is 110 Å². The molecule has 0 saturated heterocycles. The fourth-order valence-electron chi connectivity index (χ4n) is 9.91. The van der Waals surface area contributed by atoms with Crippen LogP contribution >= 0.6 is 11.6 Å². The fraction of sp³-hybridized carbons (Fsp3) is 0.500. The minimum atomic E-state index is -0.620. The lowest BCUT2D eigenvalue weighted by Gasteiger charge is -2.32. The van der Waals surface area contributed by atoms with Crippen molar-refractivity contribution in [2.45, 2.75) is 77.8 Å². The number of carboxylic acid groups (broad SMARTS) is 1. The zero-order chi connectivity index (χ0) is 38.6. The van der Waals surface area contributed by atoms with Crippen LogP contribution in [0.5, 0.6) is 0 Å². The first-order valence-corrected chi connectivity index (χ1v) is 19.9. The van der Waals surface area contributed by atoms with Crippen LogP contribution in [0.25, 0.3) is 11.1 Å². The summed E-state index contributed by atoms with van der Waals surface area (Å²) < 4.78 is 3.81. The SMILES string of the molecule is Cc1c(NC(=O)c2nc3c(n2C)CCN(CCC24CCC(C(=O)O)(CC2)C4)C3)cccc1-c1cccc(CC(=O)c2nc3c(n2C)CCN(CCO)C3)c1Cl. The van der Waals surface area contributed by atoms with Crippen LogP contribution in [-0.4, -0.2) is 89.6 Å². The van der Waals surface area contributed by atoms with Crippen LogP contribution in [0.2, 0.25) is 5.02 Å². The quantitative estimate of drug-likeness (QED) is 0.157. The molecule has 13 heteroatoms. The fourth-order valence-corrected chi connectivity index (χ4v) is 10.2. The van der Waals surface area contributed by atoms with Gasteiger partial charge in [-0.3, -0.25) is 24.2 Å². The van der Waals surface area contributed by atoms with Crippen LogP contribution in [0.3, 0.4) is 0 Å². The van der Waals surface area contributed by atoms with Crippen LogP contribution in [0.1, 0.15) is 93.7 Å². The summed E-state index contributed by atoms with van der Waals surface area (Å²) in [5.74, 6) is -0.244. The largest absolute Gasteiger partial charge is 0.481 e. The van der Waals surface area contributed by atoms with Crippen molar-refractivity contribution in [1.82, 2.24) is 28.9 Å². The third-order valence-electron chi connectivity index (χ3n) is 13.2. The van der Waals surface area contributed by atoms with E-state index in [1.165, 1.54) is 0 Å². The average molecular weight is 768 g/mol. The van der Waals surface area contributed by atoms with Gasteiger partial charge in [0.15, 0.2) is 11.6 Å². The molecule has 2 aliphatic carbocycles. The van der Waals surface area contributed by atoms with Gasteiger partial charge in [-0.25, -0.2) is 9.97 Å². The van der Waals surface area contributed by atoms with E-state index in [9.17, 15) is 24.6 Å². The van der Waals surface area contributed by atoms with Crippen molar-refractivity contribution >= 4 is 34.9 Å². The summed E-state index contributed by atoms with van der Waals surface area (Å²) in [5.41, 5.74) is 7.41. The number of fused-ring (bicyclic) bond motifs is 4. The van der Waals surface area contributed by atoms with E-state index in [0.29, 0.717) is 47.6 Å². The lowest BCUT2D eigenvalue weighted by molar-refractivity contribution is -0.148. The molecular weight excluding hydrogens is 718 g/mol. The second kappa shape index (κ2) is 14.6. The summed E-state index contributed by atoms with van der Waals surface area (Å²) in [5, 5.41) is 22.8. The number of anilines is 1. The molecule has 12 nitrogen and oxygen atoms in total. The number of hydrogen-bond acceptors (Lipinski definition) is 8. The number of imidazole rings is 2. The third-order valence-corrected chi connectivity index (χ3v) is 13.7. The Bertz CT molecular complexity index is 2180. The number of rotatable bonds is 12. The summed E-state index contributed by atoms with van der Waals surface area (Å²) in [6.45, 7) is 6.52. The van der Waals surface area contributed by atoms with Gasteiger partial charge in [0.1, 0.15) is 0 Å². The van der Waals surface area contributed by atoms with Gasteiger partial charge in [0, 0.05) is 88.7 Å². The highest BCUT2D eigenvalue weighted by atomic mass is 35.5. The molecule has 2 aromatic carbocycles. The van der Waals surface area contributed by atoms with E-state index in [-0.39, 0.29) is 30.1 Å². The van der Waals surface area contributed by atoms with Gasteiger partial charge in [-0.1, -0.05) is 41.9 Å². The normalized spacial score (nSPS) is 22.1. The van der Waals surface area contributed by atoms with Crippen molar-refractivity contribution in [3.8, 4) is 11.1 Å². The number of ketones is 1. The van der Waals surface area contributed by atoms with Gasteiger partial charge in [-0.2, -0.15) is 0 Å². The second-order valence-electron chi connectivity index (χ2n) is 16.4. The molecule has 2 aliphatic heterocycles. The zero-order valence-corrected chi connectivity index (χ0v) is 32.7. The number of amides is 1. The second-order valence-corrected chi connectivity index (χ2v) is 16.8. The Balaban J connectivity index is 0.942. The zero-order valence-electron chi connectivity index (χ0n) is 32.0. The molecule has 4 aliphatic rings. The maximum Gasteiger partial charge on any atom is 0.309 e. The minimum absolute atomic E-state index is 0.0881. The smallest absolute Gasteiger partial charge is 0.309 e. The number of aliphatic carboxylic acids is 1. The first kappa shape index (κ1) is 37.6. The first-order valence-electron chi connectivity index (χ1n) is 19.5. The van der Waals surface area contributed by atoms with Crippen molar-refractivity contribution in [2.75, 3.05) is 38.1 Å². The van der Waals surface area contributed by atoms with Gasteiger partial charge >= 0.3 is 5.97 Å². The molecule has 8 rings (SSSR count). The molecule has 4 aromatic rings.